The van der Waals surface area contributed by atoms with Gasteiger partial charge in [-0.05, 0) is 62.6 Å². The maximum atomic E-state index is 15.5. The zero-order valence-electron chi connectivity index (χ0n) is 22.4. The Kier molecular flexibility index (Phi) is 6.60. The van der Waals surface area contributed by atoms with Crippen LogP contribution in [0.15, 0.2) is 48.8 Å². The van der Waals surface area contributed by atoms with Crippen molar-refractivity contribution in [1.29, 1.82) is 5.26 Å². The lowest BCUT2D eigenvalue weighted by molar-refractivity contribution is 0.0996. The predicted octanol–water partition coefficient (Wildman–Crippen LogP) is 6.01. The topological polar surface area (TPSA) is 92.8 Å². The van der Waals surface area contributed by atoms with E-state index in [9.17, 15) is 0 Å². The molecule has 2 unspecified atom stereocenters. The first-order valence-corrected chi connectivity index (χ1v) is 13.1. The molecule has 0 spiro atoms. The number of hydrogen-bond acceptors (Lipinski definition) is 7. The Morgan fingerprint density at radius 3 is 2.65 bits per heavy atom. The molecule has 0 N–H and O–H groups in total. The van der Waals surface area contributed by atoms with Gasteiger partial charge in [-0.25, -0.2) is 23.7 Å². The SMILES string of the molecule is Cc1ccnc(Oc2ccc(-c3cc4c(cc3F)ncc3nc(C)n(C5CCN(CC#N)CC5F)c34)c(C)c2)n1. The molecule has 1 fully saturated rings. The van der Waals surface area contributed by atoms with E-state index in [2.05, 4.69) is 26.0 Å². The molecule has 0 aliphatic carbocycles. The van der Waals surface area contributed by atoms with Crippen molar-refractivity contribution < 1.29 is 13.5 Å². The Hall–Kier alpha value is -4.49. The van der Waals surface area contributed by atoms with E-state index in [0.29, 0.717) is 52.1 Å². The number of hydrogen-bond donors (Lipinski definition) is 0. The maximum Gasteiger partial charge on any atom is 0.322 e. The van der Waals surface area contributed by atoms with Crippen molar-refractivity contribution in [3.8, 4) is 29.0 Å². The predicted molar refractivity (Wildman–Crippen MR) is 147 cm³/mol. The van der Waals surface area contributed by atoms with Crippen molar-refractivity contribution in [2.24, 2.45) is 0 Å². The van der Waals surface area contributed by atoms with Gasteiger partial charge in [0.15, 0.2) is 0 Å². The first-order chi connectivity index (χ1) is 19.3. The molecule has 6 rings (SSSR count). The monoisotopic (exact) mass is 539 g/mol. The first-order valence-electron chi connectivity index (χ1n) is 13.1. The van der Waals surface area contributed by atoms with Gasteiger partial charge in [0.25, 0.3) is 0 Å². The molecule has 1 aliphatic heterocycles. The van der Waals surface area contributed by atoms with Gasteiger partial charge in [-0.3, -0.25) is 9.88 Å². The van der Waals surface area contributed by atoms with Crippen LogP contribution in [-0.4, -0.2) is 55.2 Å². The molecule has 10 heteroatoms. The number of benzene rings is 2. The van der Waals surface area contributed by atoms with E-state index >= 15 is 8.78 Å². The highest BCUT2D eigenvalue weighted by Gasteiger charge is 2.33. The zero-order valence-corrected chi connectivity index (χ0v) is 22.4. The van der Waals surface area contributed by atoms with Crippen LogP contribution >= 0.6 is 0 Å². The lowest BCUT2D eigenvalue weighted by atomic mass is 9.97. The van der Waals surface area contributed by atoms with Crippen LogP contribution in [0.4, 0.5) is 8.78 Å². The van der Waals surface area contributed by atoms with Crippen LogP contribution in [0.2, 0.25) is 0 Å². The molecule has 3 aromatic heterocycles. The third-order valence-corrected chi connectivity index (χ3v) is 7.47. The van der Waals surface area contributed by atoms with Crippen molar-refractivity contribution in [2.75, 3.05) is 19.6 Å². The Morgan fingerprint density at radius 2 is 1.90 bits per heavy atom. The largest absolute Gasteiger partial charge is 0.424 e. The molecule has 2 atom stereocenters. The molecule has 0 saturated carbocycles. The second-order valence-corrected chi connectivity index (χ2v) is 10.2. The van der Waals surface area contributed by atoms with Crippen LogP contribution < -0.4 is 4.74 Å². The number of nitriles is 1. The van der Waals surface area contributed by atoms with E-state index in [1.54, 1.807) is 30.6 Å². The fourth-order valence-electron chi connectivity index (χ4n) is 5.60. The number of imidazole rings is 1. The fraction of sp³-hybridized carbons (Fsp3) is 0.300. The van der Waals surface area contributed by atoms with Crippen molar-refractivity contribution in [3.05, 3.63) is 71.7 Å². The average Bonchev–Trinajstić information content (AvgIpc) is 3.25. The van der Waals surface area contributed by atoms with Crippen LogP contribution in [-0.2, 0) is 0 Å². The summed E-state index contributed by atoms with van der Waals surface area (Å²) < 4.78 is 38.7. The number of likely N-dealkylation sites (tertiary alicyclic amines) is 1. The number of alkyl halides is 1. The van der Waals surface area contributed by atoms with Gasteiger partial charge in [0.05, 0.1) is 35.9 Å². The Bertz CT molecular complexity index is 1800. The van der Waals surface area contributed by atoms with E-state index in [0.717, 1.165) is 16.8 Å². The highest BCUT2D eigenvalue weighted by Crippen LogP contribution is 2.37. The molecule has 5 aromatic rings. The standard InChI is InChI=1S/C30H27F2N7O/c1-17-12-20(40-30-34-9-6-18(2)36-30)4-5-21(17)22-13-23-26(14-24(22)31)35-15-27-29(23)39(19(3)37-27)28-7-10-38(11-8-33)16-25(28)32/h4-6,9,12-15,25,28H,7,10-11,16H2,1-3H3. The summed E-state index contributed by atoms with van der Waals surface area (Å²) in [6.45, 7) is 6.59. The smallest absolute Gasteiger partial charge is 0.322 e. The number of rotatable bonds is 5. The second kappa shape index (κ2) is 10.2. The minimum Gasteiger partial charge on any atom is -0.424 e. The van der Waals surface area contributed by atoms with Crippen molar-refractivity contribution in [1.82, 2.24) is 29.4 Å². The molecule has 1 aliphatic rings. The number of pyridine rings is 1. The van der Waals surface area contributed by atoms with E-state index in [4.69, 9.17) is 10.00 Å². The average molecular weight is 540 g/mol. The van der Waals surface area contributed by atoms with Crippen LogP contribution in [0, 0.1) is 37.9 Å². The Morgan fingerprint density at radius 1 is 1.05 bits per heavy atom. The molecule has 202 valence electrons. The summed E-state index contributed by atoms with van der Waals surface area (Å²) in [5, 5.41) is 9.74. The zero-order chi connectivity index (χ0) is 28.0. The third kappa shape index (κ3) is 4.62. The Balaban J connectivity index is 1.43. The normalized spacial score (nSPS) is 17.8. The molecule has 4 heterocycles. The molecular weight excluding hydrogens is 512 g/mol. The first kappa shape index (κ1) is 25.8. The van der Waals surface area contributed by atoms with Crippen LogP contribution in [0.3, 0.4) is 0 Å². The summed E-state index contributed by atoms with van der Waals surface area (Å²) in [4.78, 5) is 19.4. The molecule has 0 amide bonds. The number of ether oxygens (including phenoxy) is 1. The number of fused-ring (bicyclic) bond motifs is 3. The molecule has 2 aromatic carbocycles. The van der Waals surface area contributed by atoms with Crippen LogP contribution in [0.25, 0.3) is 33.1 Å². The van der Waals surface area contributed by atoms with E-state index in [1.807, 2.05) is 42.4 Å². The molecule has 40 heavy (non-hydrogen) atoms. The lowest BCUT2D eigenvalue weighted by Crippen LogP contribution is -2.43. The van der Waals surface area contributed by atoms with Crippen molar-refractivity contribution in [3.63, 3.8) is 0 Å². The van der Waals surface area contributed by atoms with Gasteiger partial charge < -0.3 is 9.30 Å². The van der Waals surface area contributed by atoms with Crippen molar-refractivity contribution >= 4 is 21.9 Å². The quantitative estimate of drug-likeness (QED) is 0.253. The summed E-state index contributed by atoms with van der Waals surface area (Å²) in [7, 11) is 0. The van der Waals surface area contributed by atoms with Gasteiger partial charge in [-0.1, -0.05) is 6.07 Å². The summed E-state index contributed by atoms with van der Waals surface area (Å²) >= 11 is 0. The van der Waals surface area contributed by atoms with E-state index < -0.39 is 18.0 Å². The maximum absolute atomic E-state index is 15.5. The molecule has 0 radical (unpaired) electrons. The minimum atomic E-state index is -1.17. The number of aromatic nitrogens is 5. The van der Waals surface area contributed by atoms with Gasteiger partial charge in [0, 0.05) is 42.0 Å². The van der Waals surface area contributed by atoms with Crippen LogP contribution in [0.1, 0.15) is 29.5 Å². The van der Waals surface area contributed by atoms with Gasteiger partial charge >= 0.3 is 6.01 Å². The summed E-state index contributed by atoms with van der Waals surface area (Å²) in [5.41, 5.74) is 4.54. The molecule has 1 saturated heterocycles. The number of nitrogens with zero attached hydrogens (tertiary/aromatic N) is 7. The third-order valence-electron chi connectivity index (χ3n) is 7.47. The highest BCUT2D eigenvalue weighted by atomic mass is 19.1. The molecular formula is C30H27F2N7O. The minimum absolute atomic E-state index is 0.182. The van der Waals surface area contributed by atoms with Gasteiger partial charge in [0.2, 0.25) is 0 Å². The summed E-state index contributed by atoms with van der Waals surface area (Å²) in [6.07, 6.45) is 2.61. The van der Waals surface area contributed by atoms with E-state index in [1.165, 1.54) is 6.07 Å². The molecule has 0 bridgehead atoms. The van der Waals surface area contributed by atoms with Crippen molar-refractivity contribution in [2.45, 2.75) is 39.4 Å². The molecule has 8 nitrogen and oxygen atoms in total. The number of piperidine rings is 1. The number of halogens is 2. The number of aryl methyl sites for hydroxylation is 3. The highest BCUT2D eigenvalue weighted by molar-refractivity contribution is 6.04. The van der Waals surface area contributed by atoms with Gasteiger partial charge in [-0.15, -0.1) is 0 Å². The summed E-state index contributed by atoms with van der Waals surface area (Å²) in [5.74, 6) is 0.809. The van der Waals surface area contributed by atoms with Gasteiger partial charge in [-0.2, -0.15) is 5.26 Å². The van der Waals surface area contributed by atoms with Crippen LogP contribution in [0.5, 0.6) is 11.8 Å². The second-order valence-electron chi connectivity index (χ2n) is 10.2. The van der Waals surface area contributed by atoms with Gasteiger partial charge in [0.1, 0.15) is 29.1 Å². The lowest BCUT2D eigenvalue weighted by Gasteiger charge is -2.35. The van der Waals surface area contributed by atoms with E-state index in [-0.39, 0.29) is 19.1 Å². The fourth-order valence-corrected chi connectivity index (χ4v) is 5.60. The Labute approximate surface area is 229 Å². The summed E-state index contributed by atoms with van der Waals surface area (Å²) in [6, 6.07) is 12.3.